The first-order valence-corrected chi connectivity index (χ1v) is 33.0. The van der Waals surface area contributed by atoms with E-state index in [2.05, 4.69) is 26.6 Å². The lowest BCUT2D eigenvalue weighted by Gasteiger charge is -2.26. The van der Waals surface area contributed by atoms with Crippen molar-refractivity contribution in [3.63, 3.8) is 0 Å². The van der Waals surface area contributed by atoms with Gasteiger partial charge in [-0.25, -0.2) is 22.8 Å². The molecule has 3 unspecified atom stereocenters. The van der Waals surface area contributed by atoms with E-state index in [0.717, 1.165) is 78.9 Å². The summed E-state index contributed by atoms with van der Waals surface area (Å²) >= 11 is 3.44. The van der Waals surface area contributed by atoms with Gasteiger partial charge in [-0.1, -0.05) is 0 Å². The summed E-state index contributed by atoms with van der Waals surface area (Å²) in [7, 11) is 2.82. The molecule has 94 heavy (non-hydrogen) atoms. The van der Waals surface area contributed by atoms with Crippen LogP contribution in [-0.2, 0) is 14.3 Å². The van der Waals surface area contributed by atoms with E-state index < -0.39 is 47.1 Å². The maximum absolute atomic E-state index is 15.6. The number of benzene rings is 3. The molecular weight excluding hydrogens is 1300 g/mol. The molecular formula is C68H84BrF6N9O10. The second-order valence-electron chi connectivity index (χ2n) is 27.6. The molecule has 6 heterocycles. The SMILES string of the molecule is COc1c(F)c(N2CCC(CNC(=O)C(F)(F)F)C2)c(C)c2c1ccc(=O)n2C1CC1.COc1c(F)c(N2CCC(CNC(=O)OC(C)(C)C)C2)c(C)c2c1ccc(=O)n2C1CC1.Cc1c(N2CCC(CNC(=O)OC(C)(C)C)C2)c(F)c(Br)c2ccc(=O)n(C3CC3)c12. The van der Waals surface area contributed by atoms with Crippen molar-refractivity contribution < 1.29 is 59.7 Å². The van der Waals surface area contributed by atoms with Crippen LogP contribution >= 0.6 is 15.9 Å². The molecule has 3 aliphatic carbocycles. The Morgan fingerprint density at radius 3 is 1.11 bits per heavy atom. The van der Waals surface area contributed by atoms with Crippen molar-refractivity contribution in [1.29, 1.82) is 0 Å². The number of halogens is 7. The molecule has 3 saturated heterocycles. The first-order valence-electron chi connectivity index (χ1n) is 32.2. The van der Waals surface area contributed by atoms with E-state index in [1.807, 2.05) is 75.1 Å². The van der Waals surface area contributed by atoms with Gasteiger partial charge in [0.05, 0.1) is 52.3 Å². The normalized spacial score (nSPS) is 19.0. The number of nitrogens with one attached hydrogen (secondary N) is 3. The van der Waals surface area contributed by atoms with E-state index in [-0.39, 0.29) is 88.7 Å². The Morgan fingerprint density at radius 1 is 0.489 bits per heavy atom. The number of fused-ring (bicyclic) bond motifs is 3. The van der Waals surface area contributed by atoms with Gasteiger partial charge in [-0.15, -0.1) is 0 Å². The van der Waals surface area contributed by atoms with E-state index >= 15 is 13.2 Å². The smallest absolute Gasteiger partial charge is 0.471 e. The van der Waals surface area contributed by atoms with Crippen molar-refractivity contribution in [2.24, 2.45) is 17.8 Å². The number of anilines is 3. The maximum atomic E-state index is 15.6. The minimum absolute atomic E-state index is 0.0385. The van der Waals surface area contributed by atoms with E-state index in [0.29, 0.717) is 89.9 Å². The van der Waals surface area contributed by atoms with Crippen LogP contribution in [0.15, 0.2) is 55.3 Å². The molecule has 3 aromatic heterocycles. The number of aryl methyl sites for hydroxylation is 3. The van der Waals surface area contributed by atoms with Crippen LogP contribution in [0.5, 0.6) is 11.5 Å². The number of nitrogens with zero attached hydrogens (tertiary/aromatic N) is 6. The van der Waals surface area contributed by atoms with Crippen molar-refractivity contribution in [2.45, 2.75) is 156 Å². The Hall–Kier alpha value is -7.64. The topological polar surface area (TPSA) is 200 Å². The fraction of sp³-hybridized carbons (Fsp3) is 0.559. The Labute approximate surface area is 549 Å². The first-order chi connectivity index (χ1) is 44.3. The van der Waals surface area contributed by atoms with Gasteiger partial charge in [-0.3, -0.25) is 19.2 Å². The van der Waals surface area contributed by atoms with Gasteiger partial charge in [0.1, 0.15) is 11.2 Å². The molecule has 6 aliphatic rings. The second-order valence-corrected chi connectivity index (χ2v) is 28.4. The lowest BCUT2D eigenvalue weighted by atomic mass is 10.0. The number of ether oxygens (including phenoxy) is 4. The van der Waals surface area contributed by atoms with Gasteiger partial charge in [0, 0.05) is 123 Å². The molecule has 26 heteroatoms. The van der Waals surface area contributed by atoms with Crippen LogP contribution in [0.3, 0.4) is 0 Å². The molecule has 19 nitrogen and oxygen atoms in total. The molecule has 0 bridgehead atoms. The molecule has 3 aromatic carbocycles. The summed E-state index contributed by atoms with van der Waals surface area (Å²) in [6.45, 7) is 20.6. The second kappa shape index (κ2) is 27.2. The average molecular weight is 1380 g/mol. The number of alkyl halides is 3. The number of alkyl carbamates (subject to hydrolysis) is 2. The van der Waals surface area contributed by atoms with E-state index in [1.165, 1.54) is 32.4 Å². The Kier molecular flexibility index (Phi) is 20.0. The highest BCUT2D eigenvalue weighted by Crippen LogP contribution is 2.47. The van der Waals surface area contributed by atoms with E-state index in [9.17, 15) is 41.9 Å². The lowest BCUT2D eigenvalue weighted by Crippen LogP contribution is -2.39. The molecule has 3 atom stereocenters. The number of aromatic nitrogens is 3. The summed E-state index contributed by atoms with van der Waals surface area (Å²) in [6, 6.07) is 9.80. The van der Waals surface area contributed by atoms with Crippen LogP contribution in [0.25, 0.3) is 32.7 Å². The van der Waals surface area contributed by atoms with Gasteiger partial charge >= 0.3 is 24.3 Å². The highest BCUT2D eigenvalue weighted by atomic mass is 79.9. The third-order valence-corrected chi connectivity index (χ3v) is 18.9. The van der Waals surface area contributed by atoms with Gasteiger partial charge in [0.25, 0.3) is 16.7 Å². The molecule has 3 saturated carbocycles. The largest absolute Gasteiger partial charge is 0.493 e. The zero-order valence-electron chi connectivity index (χ0n) is 55.1. The zero-order valence-corrected chi connectivity index (χ0v) is 56.7. The predicted molar refractivity (Wildman–Crippen MR) is 353 cm³/mol. The minimum Gasteiger partial charge on any atom is -0.493 e. The molecule has 12 rings (SSSR count). The molecule has 6 fully saturated rings. The minimum atomic E-state index is -4.93. The van der Waals surface area contributed by atoms with Gasteiger partial charge in [0.15, 0.2) is 29.0 Å². The van der Waals surface area contributed by atoms with Crippen molar-refractivity contribution in [2.75, 3.05) is 87.8 Å². The highest BCUT2D eigenvalue weighted by molar-refractivity contribution is 9.10. The van der Waals surface area contributed by atoms with Crippen molar-refractivity contribution >= 4 is 83.8 Å². The number of hydrogen-bond acceptors (Lipinski definition) is 13. The Balaban J connectivity index is 0.000000154. The molecule has 510 valence electrons. The molecule has 3 amide bonds. The summed E-state index contributed by atoms with van der Waals surface area (Å²) in [5.74, 6) is -2.92. The number of methoxy groups -OCH3 is 2. The molecule has 3 aliphatic heterocycles. The molecule has 0 radical (unpaired) electrons. The summed E-state index contributed by atoms with van der Waals surface area (Å²) in [4.78, 5) is 78.6. The van der Waals surface area contributed by atoms with Gasteiger partial charge < -0.3 is 63.3 Å². The van der Waals surface area contributed by atoms with Crippen molar-refractivity contribution in [3.05, 3.63) is 106 Å². The average Bonchev–Trinajstić information content (AvgIpc) is 1.36. The standard InChI is InChI=1S/C24H32FN3O4.C23H29BrFN3O3.C21H23F4N3O3/c1-14-20-17(8-9-18(29)28(20)16-6-7-16)22(31-5)19(25)21(14)27-11-10-15(13-27)12-26-23(30)32-24(2,3)4;1-13-20-16(7-8-17(29)28(20)15-5-6-15)18(24)19(25)21(13)27-10-9-14(12-27)11-26-22(30)31-23(2,3)4;1-11-17-14(5-6-15(29)28(17)13-3-4-13)19(31-2)16(22)18(11)27-8-7-12(10-27)9-26-20(30)21(23,24)25/h8-9,15-16H,6-7,10-13H2,1-5H3,(H,26,30);7-8,14-15H,5-6,9-12H2,1-4H3,(H,26,30);5-6,12-13H,3-4,7-10H2,1-2H3,(H,26,30). The van der Waals surface area contributed by atoms with Crippen molar-refractivity contribution in [1.82, 2.24) is 29.7 Å². The van der Waals surface area contributed by atoms with Crippen molar-refractivity contribution in [3.8, 4) is 11.5 Å². The number of rotatable bonds is 14. The van der Waals surface area contributed by atoms with Crippen LogP contribution in [0, 0.1) is 56.0 Å². The fourth-order valence-corrected chi connectivity index (χ4v) is 14.0. The van der Waals surface area contributed by atoms with Gasteiger partial charge in [-0.05, 0) is 178 Å². The third kappa shape index (κ3) is 14.9. The van der Waals surface area contributed by atoms with Crippen LogP contribution in [0.1, 0.15) is 134 Å². The fourth-order valence-electron chi connectivity index (χ4n) is 13.5. The number of carbonyl (C=O) groups excluding carboxylic acids is 3. The number of carbonyl (C=O) groups is 3. The van der Waals surface area contributed by atoms with Gasteiger partial charge in [-0.2, -0.15) is 13.2 Å². The monoisotopic (exact) mass is 1380 g/mol. The maximum Gasteiger partial charge on any atom is 0.471 e. The number of amides is 3. The number of pyridine rings is 3. The van der Waals surface area contributed by atoms with Crippen LogP contribution in [0.4, 0.5) is 53.0 Å². The van der Waals surface area contributed by atoms with Gasteiger partial charge in [0.2, 0.25) is 0 Å². The molecule has 3 N–H and O–H groups in total. The molecule has 6 aromatic rings. The molecule has 0 spiro atoms. The quantitative estimate of drug-likeness (QED) is 0.0871. The Morgan fingerprint density at radius 2 is 0.798 bits per heavy atom. The van der Waals surface area contributed by atoms with Crippen LogP contribution in [0.2, 0.25) is 0 Å². The lowest BCUT2D eigenvalue weighted by molar-refractivity contribution is -0.173. The summed E-state index contributed by atoms with van der Waals surface area (Å²) in [5, 5.41) is 9.42. The van der Waals surface area contributed by atoms with Crippen LogP contribution < -0.4 is 56.8 Å². The number of hydrogen-bond donors (Lipinski definition) is 3. The zero-order chi connectivity index (χ0) is 68.2. The highest BCUT2D eigenvalue weighted by Gasteiger charge is 2.41. The summed E-state index contributed by atoms with van der Waals surface area (Å²) < 4.78 is 111. The third-order valence-electron chi connectivity index (χ3n) is 18.1. The summed E-state index contributed by atoms with van der Waals surface area (Å²) in [6.07, 6.45) is 1.96. The van der Waals surface area contributed by atoms with E-state index in [1.54, 1.807) is 39.2 Å². The predicted octanol–water partition coefficient (Wildman–Crippen LogP) is 12.3. The summed E-state index contributed by atoms with van der Waals surface area (Å²) in [5.41, 5.74) is 4.28. The Bertz CT molecular complexity index is 4110. The van der Waals surface area contributed by atoms with Crippen LogP contribution in [-0.4, -0.2) is 122 Å². The van der Waals surface area contributed by atoms with E-state index in [4.69, 9.17) is 18.9 Å². The first kappa shape index (κ1) is 69.2.